The highest BCUT2D eigenvalue weighted by atomic mass is 16.5. The molecule has 0 aromatic heterocycles. The standard InChI is InChI=1S/C10H10NO2/c1-2-7-13-10(12)8-5-3-4-6-9(8)11/h2-6,11H,1,7H2. The van der Waals surface area contributed by atoms with Gasteiger partial charge in [-0.05, 0) is 12.1 Å². The Hall–Kier alpha value is -1.77. The van der Waals surface area contributed by atoms with Crippen LogP contribution in [0.4, 0.5) is 5.69 Å². The molecule has 1 radical (unpaired) electrons. The number of hydrogen-bond donors (Lipinski definition) is 0. The smallest absolute Gasteiger partial charge is 0.340 e. The number of esters is 1. The van der Waals surface area contributed by atoms with Crippen LogP contribution in [-0.2, 0) is 4.74 Å². The van der Waals surface area contributed by atoms with Crippen molar-refractivity contribution in [2.45, 2.75) is 0 Å². The second-order valence-electron chi connectivity index (χ2n) is 2.43. The minimum absolute atomic E-state index is 0.174. The van der Waals surface area contributed by atoms with Crippen LogP contribution in [0.2, 0.25) is 0 Å². The summed E-state index contributed by atoms with van der Waals surface area (Å²) in [6, 6.07) is 6.51. The minimum atomic E-state index is -0.481. The number of rotatable bonds is 3. The van der Waals surface area contributed by atoms with E-state index in [1.165, 1.54) is 6.08 Å². The van der Waals surface area contributed by atoms with Crippen molar-refractivity contribution in [2.75, 3.05) is 6.61 Å². The maximum absolute atomic E-state index is 11.2. The van der Waals surface area contributed by atoms with Crippen LogP contribution in [0.15, 0.2) is 36.9 Å². The first-order chi connectivity index (χ1) is 6.25. The molecular formula is C10H10NO2. The lowest BCUT2D eigenvalue weighted by Crippen LogP contribution is -2.05. The summed E-state index contributed by atoms with van der Waals surface area (Å²) in [6.45, 7) is 3.60. The van der Waals surface area contributed by atoms with Crippen LogP contribution >= 0.6 is 0 Å². The average Bonchev–Trinajstić information content (AvgIpc) is 2.15. The van der Waals surface area contributed by atoms with Gasteiger partial charge in [-0.25, -0.2) is 4.79 Å². The topological polar surface area (TPSA) is 50.1 Å². The summed E-state index contributed by atoms with van der Waals surface area (Å²) in [5.74, 6) is -0.481. The Morgan fingerprint density at radius 1 is 1.54 bits per heavy atom. The lowest BCUT2D eigenvalue weighted by molar-refractivity contribution is 0.0550. The summed E-state index contributed by atoms with van der Waals surface area (Å²) in [6.07, 6.45) is 1.49. The van der Waals surface area contributed by atoms with Crippen molar-refractivity contribution >= 4 is 11.7 Å². The van der Waals surface area contributed by atoms with Gasteiger partial charge in [0.25, 0.3) is 0 Å². The monoisotopic (exact) mass is 176 g/mol. The highest BCUT2D eigenvalue weighted by Gasteiger charge is 2.09. The summed E-state index contributed by atoms with van der Waals surface area (Å²) < 4.78 is 4.78. The van der Waals surface area contributed by atoms with E-state index in [-0.39, 0.29) is 17.9 Å². The molecular weight excluding hydrogens is 166 g/mol. The zero-order valence-electron chi connectivity index (χ0n) is 7.12. The summed E-state index contributed by atoms with van der Waals surface area (Å²) in [7, 11) is 0. The molecule has 0 unspecified atom stereocenters. The number of hydrogen-bond acceptors (Lipinski definition) is 2. The van der Waals surface area contributed by atoms with Crippen molar-refractivity contribution in [1.29, 1.82) is 0 Å². The number of ether oxygens (including phenoxy) is 1. The number of nitrogens with one attached hydrogen (secondary N) is 1. The highest BCUT2D eigenvalue weighted by Crippen LogP contribution is 2.13. The minimum Gasteiger partial charge on any atom is -0.458 e. The molecule has 0 aliphatic carbocycles. The molecule has 0 heterocycles. The van der Waals surface area contributed by atoms with Crippen LogP contribution in [0.1, 0.15) is 10.4 Å². The summed E-state index contributed by atoms with van der Waals surface area (Å²) in [5.41, 5.74) is 7.87. The lowest BCUT2D eigenvalue weighted by Gasteiger charge is -2.02. The van der Waals surface area contributed by atoms with Crippen molar-refractivity contribution in [2.24, 2.45) is 0 Å². The third-order valence-corrected chi connectivity index (χ3v) is 1.48. The van der Waals surface area contributed by atoms with Gasteiger partial charge in [0.1, 0.15) is 6.61 Å². The van der Waals surface area contributed by atoms with Gasteiger partial charge in [0.2, 0.25) is 0 Å². The van der Waals surface area contributed by atoms with Crippen LogP contribution in [0.25, 0.3) is 0 Å². The van der Waals surface area contributed by atoms with Crippen LogP contribution in [0.5, 0.6) is 0 Å². The molecule has 0 aliphatic heterocycles. The lowest BCUT2D eigenvalue weighted by atomic mass is 10.2. The van der Waals surface area contributed by atoms with Crippen molar-refractivity contribution in [1.82, 2.24) is 5.73 Å². The van der Waals surface area contributed by atoms with Crippen LogP contribution < -0.4 is 5.73 Å². The zero-order valence-corrected chi connectivity index (χ0v) is 7.12. The first kappa shape index (κ1) is 9.32. The normalized spacial score (nSPS) is 9.23. The number of benzene rings is 1. The predicted octanol–water partition coefficient (Wildman–Crippen LogP) is 1.94. The molecule has 1 N–H and O–H groups in total. The van der Waals surface area contributed by atoms with Crippen molar-refractivity contribution in [3.05, 3.63) is 42.5 Å². The fourth-order valence-electron chi connectivity index (χ4n) is 0.873. The predicted molar refractivity (Wildman–Crippen MR) is 49.7 cm³/mol. The molecule has 0 saturated carbocycles. The molecule has 67 valence electrons. The van der Waals surface area contributed by atoms with Crippen molar-refractivity contribution < 1.29 is 9.53 Å². The molecule has 13 heavy (non-hydrogen) atoms. The van der Waals surface area contributed by atoms with E-state index in [2.05, 4.69) is 6.58 Å². The Morgan fingerprint density at radius 3 is 2.85 bits per heavy atom. The fraction of sp³-hybridized carbons (Fsp3) is 0.100. The molecule has 0 spiro atoms. The molecule has 0 fully saturated rings. The Labute approximate surface area is 76.8 Å². The van der Waals surface area contributed by atoms with Gasteiger partial charge in [0.15, 0.2) is 0 Å². The molecule has 0 amide bonds. The Balaban J connectivity index is 2.76. The van der Waals surface area contributed by atoms with Gasteiger partial charge in [0.05, 0.1) is 11.3 Å². The van der Waals surface area contributed by atoms with Crippen molar-refractivity contribution in [3.8, 4) is 0 Å². The van der Waals surface area contributed by atoms with E-state index >= 15 is 0 Å². The molecule has 1 rings (SSSR count). The molecule has 1 aromatic carbocycles. The SMILES string of the molecule is C=CCOC(=O)c1ccccc1[NH]. The summed E-state index contributed by atoms with van der Waals surface area (Å²) in [5, 5.41) is 0. The number of carbonyl (C=O) groups excluding carboxylic acids is 1. The maximum Gasteiger partial charge on any atom is 0.340 e. The first-order valence-electron chi connectivity index (χ1n) is 3.84. The Kier molecular flexibility index (Phi) is 3.09. The summed E-state index contributed by atoms with van der Waals surface area (Å²) >= 11 is 0. The quantitative estimate of drug-likeness (QED) is 0.522. The maximum atomic E-state index is 11.2. The second kappa shape index (κ2) is 4.30. The number of carbonyl (C=O) groups is 1. The van der Waals surface area contributed by atoms with Gasteiger partial charge in [-0.1, -0.05) is 24.8 Å². The molecule has 3 heteroatoms. The highest BCUT2D eigenvalue weighted by molar-refractivity contribution is 5.94. The third kappa shape index (κ3) is 2.33. The van der Waals surface area contributed by atoms with E-state index in [1.54, 1.807) is 24.3 Å². The molecule has 1 aromatic rings. The second-order valence-corrected chi connectivity index (χ2v) is 2.43. The first-order valence-corrected chi connectivity index (χ1v) is 3.84. The van der Waals surface area contributed by atoms with Gasteiger partial charge in [-0.15, -0.1) is 0 Å². The summed E-state index contributed by atoms with van der Waals surface area (Å²) in [4.78, 5) is 11.2. The van der Waals surface area contributed by atoms with E-state index in [9.17, 15) is 4.79 Å². The third-order valence-electron chi connectivity index (χ3n) is 1.48. The molecule has 0 atom stereocenters. The fourth-order valence-corrected chi connectivity index (χ4v) is 0.873. The zero-order chi connectivity index (χ0) is 9.68. The van der Waals surface area contributed by atoms with E-state index < -0.39 is 5.97 Å². The van der Waals surface area contributed by atoms with Gasteiger partial charge < -0.3 is 10.5 Å². The molecule has 0 aliphatic rings. The van der Waals surface area contributed by atoms with Crippen LogP contribution in [0.3, 0.4) is 0 Å². The van der Waals surface area contributed by atoms with E-state index in [1.807, 2.05) is 0 Å². The van der Waals surface area contributed by atoms with E-state index in [0.29, 0.717) is 0 Å². The van der Waals surface area contributed by atoms with Gasteiger partial charge >= 0.3 is 5.97 Å². The average molecular weight is 176 g/mol. The van der Waals surface area contributed by atoms with E-state index in [4.69, 9.17) is 10.5 Å². The Morgan fingerprint density at radius 2 is 2.23 bits per heavy atom. The van der Waals surface area contributed by atoms with E-state index in [0.717, 1.165) is 0 Å². The largest absolute Gasteiger partial charge is 0.458 e. The Bertz CT molecular complexity index is 320. The van der Waals surface area contributed by atoms with Gasteiger partial charge in [-0.3, -0.25) is 0 Å². The van der Waals surface area contributed by atoms with Crippen LogP contribution in [-0.4, -0.2) is 12.6 Å². The molecule has 0 saturated heterocycles. The van der Waals surface area contributed by atoms with Gasteiger partial charge in [-0.2, -0.15) is 0 Å². The van der Waals surface area contributed by atoms with Crippen molar-refractivity contribution in [3.63, 3.8) is 0 Å². The van der Waals surface area contributed by atoms with Crippen LogP contribution in [0, 0.1) is 0 Å². The molecule has 0 bridgehead atoms. The molecule has 3 nitrogen and oxygen atoms in total. The van der Waals surface area contributed by atoms with Gasteiger partial charge in [0, 0.05) is 0 Å².